The van der Waals surface area contributed by atoms with Crippen molar-refractivity contribution in [3.63, 3.8) is 0 Å². The van der Waals surface area contributed by atoms with Crippen molar-refractivity contribution in [3.05, 3.63) is 34.9 Å². The fraction of sp³-hybridized carbons (Fsp3) is 0.667. The van der Waals surface area contributed by atoms with Gasteiger partial charge in [0.1, 0.15) is 0 Å². The van der Waals surface area contributed by atoms with Gasteiger partial charge in [0.25, 0.3) is 0 Å². The maximum atomic E-state index is 12.0. The molecule has 3 N–H and O–H groups in total. The molecule has 3 aliphatic rings. The van der Waals surface area contributed by atoms with E-state index in [0.717, 1.165) is 31.1 Å². The molecule has 2 saturated heterocycles. The molecule has 2 aliphatic heterocycles. The second-order valence-corrected chi connectivity index (χ2v) is 8.90. The van der Waals surface area contributed by atoms with Crippen LogP contribution in [0.2, 0.25) is 5.02 Å². The molecule has 3 unspecified atom stereocenters. The second kappa shape index (κ2) is 8.91. The van der Waals surface area contributed by atoms with Gasteiger partial charge in [-0.2, -0.15) is 0 Å². The number of piperidine rings is 1. The quantitative estimate of drug-likeness (QED) is 0.670. The third kappa shape index (κ3) is 5.44. The molecule has 5 nitrogen and oxygen atoms in total. The summed E-state index contributed by atoms with van der Waals surface area (Å²) >= 11 is 6.04. The van der Waals surface area contributed by atoms with Gasteiger partial charge in [0, 0.05) is 43.0 Å². The van der Waals surface area contributed by atoms with Crippen molar-refractivity contribution in [1.82, 2.24) is 21.1 Å². The molecule has 1 aromatic rings. The Morgan fingerprint density at radius 3 is 2.81 bits per heavy atom. The van der Waals surface area contributed by atoms with Crippen molar-refractivity contribution in [1.29, 1.82) is 0 Å². The van der Waals surface area contributed by atoms with Crippen LogP contribution < -0.4 is 16.2 Å². The number of benzene rings is 1. The Labute approximate surface area is 167 Å². The summed E-state index contributed by atoms with van der Waals surface area (Å²) in [5, 5.41) is 3.90. The van der Waals surface area contributed by atoms with Gasteiger partial charge in [0.15, 0.2) is 0 Å². The maximum absolute atomic E-state index is 12.0. The smallest absolute Gasteiger partial charge is 0.220 e. The van der Waals surface area contributed by atoms with E-state index in [0.29, 0.717) is 30.3 Å². The van der Waals surface area contributed by atoms with E-state index < -0.39 is 0 Å². The Morgan fingerprint density at radius 2 is 2.04 bits per heavy atom. The maximum Gasteiger partial charge on any atom is 0.220 e. The topological polar surface area (TPSA) is 56.4 Å². The average Bonchev–Trinajstić information content (AvgIpc) is 3.37. The fourth-order valence-corrected chi connectivity index (χ4v) is 4.60. The number of nitrogens with one attached hydrogen (secondary N) is 3. The zero-order chi connectivity index (χ0) is 18.6. The average molecular weight is 391 g/mol. The fourth-order valence-electron chi connectivity index (χ4n) is 4.48. The SMILES string of the molecule is O=C(CCC1CCCN(CC2CNNC2c2ccc(Cl)cc2)C1)NC1CC1. The molecule has 3 atom stereocenters. The molecule has 0 spiro atoms. The number of carbonyl (C=O) groups excluding carboxylic acids is 1. The van der Waals surface area contributed by atoms with E-state index in [-0.39, 0.29) is 5.91 Å². The molecule has 1 amide bonds. The number of amides is 1. The molecule has 0 radical (unpaired) electrons. The monoisotopic (exact) mass is 390 g/mol. The Bertz CT molecular complexity index is 634. The van der Waals surface area contributed by atoms with Gasteiger partial charge in [0.2, 0.25) is 5.91 Å². The molecular formula is C21H31ClN4O. The lowest BCUT2D eigenvalue weighted by atomic mass is 9.90. The zero-order valence-corrected chi connectivity index (χ0v) is 16.7. The third-order valence-corrected chi connectivity index (χ3v) is 6.39. The van der Waals surface area contributed by atoms with Gasteiger partial charge in [-0.25, -0.2) is 5.43 Å². The first-order valence-electron chi connectivity index (χ1n) is 10.4. The minimum absolute atomic E-state index is 0.251. The molecule has 1 saturated carbocycles. The summed E-state index contributed by atoms with van der Waals surface area (Å²) in [6.07, 6.45) is 6.55. The standard InChI is InChI=1S/C21H31ClN4O/c22-18-6-4-16(5-7-18)21-17(12-23-25-21)14-26-11-1-2-15(13-26)3-10-20(27)24-19-8-9-19/h4-7,15,17,19,21,23,25H,1-3,8-14H2,(H,24,27). The number of hydrogen-bond donors (Lipinski definition) is 3. The number of rotatable bonds is 7. The lowest BCUT2D eigenvalue weighted by molar-refractivity contribution is -0.121. The third-order valence-electron chi connectivity index (χ3n) is 6.14. The van der Waals surface area contributed by atoms with E-state index in [2.05, 4.69) is 33.2 Å². The molecule has 4 rings (SSSR count). The van der Waals surface area contributed by atoms with Crippen LogP contribution in [0.15, 0.2) is 24.3 Å². The van der Waals surface area contributed by atoms with Gasteiger partial charge in [0.05, 0.1) is 6.04 Å². The molecule has 27 heavy (non-hydrogen) atoms. The summed E-state index contributed by atoms with van der Waals surface area (Å²) in [6.45, 7) is 4.38. The van der Waals surface area contributed by atoms with Crippen LogP contribution in [0.5, 0.6) is 0 Å². The van der Waals surface area contributed by atoms with Crippen molar-refractivity contribution in [2.75, 3.05) is 26.2 Å². The highest BCUT2D eigenvalue weighted by Crippen LogP contribution is 2.29. The minimum atomic E-state index is 0.251. The van der Waals surface area contributed by atoms with Crippen LogP contribution >= 0.6 is 11.6 Å². The van der Waals surface area contributed by atoms with Crippen LogP contribution in [-0.2, 0) is 4.79 Å². The molecule has 1 aliphatic carbocycles. The zero-order valence-electron chi connectivity index (χ0n) is 15.9. The minimum Gasteiger partial charge on any atom is -0.353 e. The number of carbonyl (C=O) groups is 1. The predicted molar refractivity (Wildman–Crippen MR) is 108 cm³/mol. The normalized spacial score (nSPS) is 29.0. The molecule has 2 heterocycles. The summed E-state index contributed by atoms with van der Waals surface area (Å²) in [4.78, 5) is 14.6. The predicted octanol–water partition coefficient (Wildman–Crippen LogP) is 2.88. The van der Waals surface area contributed by atoms with Gasteiger partial charge in [-0.15, -0.1) is 0 Å². The second-order valence-electron chi connectivity index (χ2n) is 8.46. The van der Waals surface area contributed by atoms with E-state index in [9.17, 15) is 4.79 Å². The molecule has 3 fully saturated rings. The summed E-state index contributed by atoms with van der Waals surface area (Å²) in [5.74, 6) is 1.45. The van der Waals surface area contributed by atoms with Crippen molar-refractivity contribution in [2.45, 2.75) is 50.6 Å². The first-order chi connectivity index (χ1) is 13.2. The largest absolute Gasteiger partial charge is 0.353 e. The van der Waals surface area contributed by atoms with Gasteiger partial charge < -0.3 is 10.2 Å². The van der Waals surface area contributed by atoms with Crippen molar-refractivity contribution >= 4 is 17.5 Å². The molecule has 148 valence electrons. The molecule has 1 aromatic carbocycles. The number of halogens is 1. The van der Waals surface area contributed by atoms with Crippen LogP contribution in [-0.4, -0.2) is 43.0 Å². The highest BCUT2D eigenvalue weighted by atomic mass is 35.5. The first kappa shape index (κ1) is 19.2. The van der Waals surface area contributed by atoms with E-state index in [1.807, 2.05) is 12.1 Å². The Morgan fingerprint density at radius 1 is 1.22 bits per heavy atom. The Kier molecular flexibility index (Phi) is 6.33. The lowest BCUT2D eigenvalue weighted by Gasteiger charge is -2.35. The highest BCUT2D eigenvalue weighted by Gasteiger charge is 2.31. The van der Waals surface area contributed by atoms with Crippen molar-refractivity contribution < 1.29 is 4.79 Å². The summed E-state index contributed by atoms with van der Waals surface area (Å²) < 4.78 is 0. The molecule has 6 heteroatoms. The Balaban J connectivity index is 1.26. The summed E-state index contributed by atoms with van der Waals surface area (Å²) in [5.41, 5.74) is 8.06. The summed E-state index contributed by atoms with van der Waals surface area (Å²) in [7, 11) is 0. The van der Waals surface area contributed by atoms with Gasteiger partial charge >= 0.3 is 0 Å². The summed E-state index contributed by atoms with van der Waals surface area (Å²) in [6, 6.07) is 8.99. The van der Waals surface area contributed by atoms with Gasteiger partial charge in [-0.3, -0.25) is 10.2 Å². The molecule has 0 bridgehead atoms. The van der Waals surface area contributed by atoms with Crippen LogP contribution in [0.1, 0.15) is 50.1 Å². The van der Waals surface area contributed by atoms with Crippen LogP contribution in [0.25, 0.3) is 0 Å². The van der Waals surface area contributed by atoms with E-state index in [1.54, 1.807) is 0 Å². The van der Waals surface area contributed by atoms with Crippen molar-refractivity contribution in [2.24, 2.45) is 11.8 Å². The van der Waals surface area contributed by atoms with Crippen LogP contribution in [0.3, 0.4) is 0 Å². The van der Waals surface area contributed by atoms with Crippen molar-refractivity contribution in [3.8, 4) is 0 Å². The number of nitrogens with zero attached hydrogens (tertiary/aromatic N) is 1. The van der Waals surface area contributed by atoms with Crippen LogP contribution in [0, 0.1) is 11.8 Å². The molecular weight excluding hydrogens is 360 g/mol. The number of likely N-dealkylation sites (tertiary alicyclic amines) is 1. The highest BCUT2D eigenvalue weighted by molar-refractivity contribution is 6.30. The van der Waals surface area contributed by atoms with E-state index in [1.165, 1.54) is 37.8 Å². The molecule has 0 aromatic heterocycles. The van der Waals surface area contributed by atoms with Gasteiger partial charge in [-0.1, -0.05) is 23.7 Å². The number of hydrogen-bond acceptors (Lipinski definition) is 4. The lowest BCUT2D eigenvalue weighted by Crippen LogP contribution is -2.40. The van der Waals surface area contributed by atoms with E-state index >= 15 is 0 Å². The van der Waals surface area contributed by atoms with Gasteiger partial charge in [-0.05, 0) is 62.3 Å². The van der Waals surface area contributed by atoms with E-state index in [4.69, 9.17) is 11.6 Å². The Hall–Kier alpha value is -1.14. The van der Waals surface area contributed by atoms with Crippen LogP contribution in [0.4, 0.5) is 0 Å². The first-order valence-corrected chi connectivity index (χ1v) is 10.8. The number of hydrazine groups is 1.